The van der Waals surface area contributed by atoms with Crippen molar-refractivity contribution >= 4 is 11.5 Å². The topological polar surface area (TPSA) is 61.1 Å². The van der Waals surface area contributed by atoms with E-state index in [0.717, 1.165) is 0 Å². The molecule has 0 radical (unpaired) electrons. The third-order valence-electron chi connectivity index (χ3n) is 2.03. The molecule has 1 aromatic carbocycles. The lowest BCUT2D eigenvalue weighted by Gasteiger charge is -2.05. The van der Waals surface area contributed by atoms with E-state index < -0.39 is 5.97 Å². The van der Waals surface area contributed by atoms with Crippen molar-refractivity contribution in [1.82, 2.24) is 0 Å². The van der Waals surface area contributed by atoms with Crippen LogP contribution >= 0.6 is 0 Å². The second-order valence-corrected chi connectivity index (χ2v) is 3.02. The zero-order valence-electron chi connectivity index (χ0n) is 8.47. The van der Waals surface area contributed by atoms with Gasteiger partial charge in [-0.25, -0.2) is 4.79 Å². The van der Waals surface area contributed by atoms with Crippen LogP contribution in [0.15, 0.2) is 35.9 Å². The molecule has 0 bridgehead atoms. The Morgan fingerprint density at radius 3 is 2.44 bits per heavy atom. The number of nitrogens with zero attached hydrogens (tertiary/aromatic N) is 1. The van der Waals surface area contributed by atoms with Gasteiger partial charge in [-0.1, -0.05) is 30.3 Å². The number of carbonyl (C=O) groups is 1. The highest BCUT2D eigenvalue weighted by Gasteiger charge is 2.14. The van der Waals surface area contributed by atoms with Gasteiger partial charge in [0.2, 0.25) is 0 Å². The predicted molar refractivity (Wildman–Crippen MR) is 60.1 cm³/mol. The average molecular weight is 211 g/mol. The number of benzene rings is 1. The van der Waals surface area contributed by atoms with Crippen LogP contribution < -0.4 is 0 Å². The summed E-state index contributed by atoms with van der Waals surface area (Å²) in [6, 6.07) is 10.5. The Morgan fingerprint density at radius 2 is 2.00 bits per heavy atom. The summed E-state index contributed by atoms with van der Waals surface area (Å²) >= 11 is 0. The summed E-state index contributed by atoms with van der Waals surface area (Å²) in [4.78, 5) is 10.9. The number of carboxylic acids is 1. The van der Waals surface area contributed by atoms with Crippen molar-refractivity contribution in [1.29, 1.82) is 5.26 Å². The number of terminal acetylenes is 1. The Balaban J connectivity index is 3.36. The maximum Gasteiger partial charge on any atom is 0.346 e. The van der Waals surface area contributed by atoms with Crippen molar-refractivity contribution in [3.05, 3.63) is 41.5 Å². The molecule has 0 aliphatic carbocycles. The van der Waals surface area contributed by atoms with E-state index in [1.54, 1.807) is 30.3 Å². The van der Waals surface area contributed by atoms with Gasteiger partial charge in [-0.05, 0) is 11.1 Å². The Labute approximate surface area is 93.6 Å². The first-order valence-corrected chi connectivity index (χ1v) is 4.56. The zero-order chi connectivity index (χ0) is 12.0. The van der Waals surface area contributed by atoms with Gasteiger partial charge in [0.25, 0.3) is 0 Å². The molecular formula is C13H9NO2. The largest absolute Gasteiger partial charge is 0.477 e. The molecular weight excluding hydrogens is 202 g/mol. The van der Waals surface area contributed by atoms with Crippen LogP contribution in [0.1, 0.15) is 12.0 Å². The summed E-state index contributed by atoms with van der Waals surface area (Å²) in [5, 5.41) is 17.7. The SMILES string of the molecule is C#CCC(=C(C#N)C(=O)O)c1ccccc1. The highest BCUT2D eigenvalue weighted by molar-refractivity contribution is 6.00. The van der Waals surface area contributed by atoms with Gasteiger partial charge in [-0.15, -0.1) is 12.3 Å². The summed E-state index contributed by atoms with van der Waals surface area (Å²) in [7, 11) is 0. The van der Waals surface area contributed by atoms with Gasteiger partial charge in [-0.2, -0.15) is 5.26 Å². The van der Waals surface area contributed by atoms with Gasteiger partial charge in [0.15, 0.2) is 0 Å². The quantitative estimate of drug-likeness (QED) is 0.473. The molecule has 0 aliphatic heterocycles. The van der Waals surface area contributed by atoms with Crippen molar-refractivity contribution in [2.75, 3.05) is 0 Å². The lowest BCUT2D eigenvalue weighted by atomic mass is 9.98. The fourth-order valence-electron chi connectivity index (χ4n) is 1.32. The number of hydrogen-bond acceptors (Lipinski definition) is 2. The van der Waals surface area contributed by atoms with Crippen LogP contribution in [-0.4, -0.2) is 11.1 Å². The van der Waals surface area contributed by atoms with E-state index in [-0.39, 0.29) is 12.0 Å². The van der Waals surface area contributed by atoms with Crippen LogP contribution in [0.3, 0.4) is 0 Å². The third-order valence-corrected chi connectivity index (χ3v) is 2.03. The first kappa shape index (κ1) is 11.6. The molecule has 0 unspecified atom stereocenters. The minimum atomic E-state index is -1.25. The van der Waals surface area contributed by atoms with Crippen LogP contribution in [-0.2, 0) is 4.79 Å². The third kappa shape index (κ3) is 2.50. The molecule has 1 aromatic rings. The second kappa shape index (κ2) is 5.38. The van der Waals surface area contributed by atoms with Crippen LogP contribution in [0.4, 0.5) is 0 Å². The Hall–Kier alpha value is -2.52. The molecule has 0 heterocycles. The molecule has 0 saturated carbocycles. The molecule has 3 heteroatoms. The van der Waals surface area contributed by atoms with Crippen molar-refractivity contribution in [3.8, 4) is 18.4 Å². The summed E-state index contributed by atoms with van der Waals surface area (Å²) in [5.41, 5.74) is 0.738. The maximum absolute atomic E-state index is 10.9. The van der Waals surface area contributed by atoms with Crippen LogP contribution in [0.2, 0.25) is 0 Å². The highest BCUT2D eigenvalue weighted by atomic mass is 16.4. The Kier molecular flexibility index (Phi) is 3.89. The molecule has 0 spiro atoms. The number of allylic oxidation sites excluding steroid dienone is 1. The minimum Gasteiger partial charge on any atom is -0.477 e. The normalized spacial score (nSPS) is 10.9. The lowest BCUT2D eigenvalue weighted by molar-refractivity contribution is -0.132. The molecule has 3 nitrogen and oxygen atoms in total. The molecule has 0 aliphatic rings. The molecule has 0 saturated heterocycles. The smallest absolute Gasteiger partial charge is 0.346 e. The van der Waals surface area contributed by atoms with Gasteiger partial charge in [0.1, 0.15) is 11.6 Å². The number of hydrogen-bond donors (Lipinski definition) is 1. The number of rotatable bonds is 3. The standard InChI is InChI=1S/C13H9NO2/c1-2-6-11(12(9-14)13(15)16)10-7-4-3-5-8-10/h1,3-5,7-8H,6H2,(H,15,16). The second-order valence-electron chi connectivity index (χ2n) is 3.02. The van der Waals surface area contributed by atoms with Gasteiger partial charge in [0.05, 0.1) is 0 Å². The van der Waals surface area contributed by atoms with Gasteiger partial charge in [0, 0.05) is 6.42 Å². The molecule has 0 atom stereocenters. The number of nitriles is 1. The summed E-state index contributed by atoms with van der Waals surface area (Å²) in [6.45, 7) is 0. The van der Waals surface area contributed by atoms with Crippen LogP contribution in [0.25, 0.3) is 5.57 Å². The monoisotopic (exact) mass is 211 g/mol. The molecule has 16 heavy (non-hydrogen) atoms. The Bertz CT molecular complexity index is 501. The van der Waals surface area contributed by atoms with E-state index in [2.05, 4.69) is 5.92 Å². The number of carboxylic acid groups (broad SMARTS) is 1. The van der Waals surface area contributed by atoms with Crippen LogP contribution in [0.5, 0.6) is 0 Å². The van der Waals surface area contributed by atoms with Gasteiger partial charge >= 0.3 is 5.97 Å². The van der Waals surface area contributed by atoms with E-state index >= 15 is 0 Å². The predicted octanol–water partition coefficient (Wildman–Crippen LogP) is 2.07. The molecule has 0 amide bonds. The fraction of sp³-hybridized carbons (Fsp3) is 0.0769. The molecule has 0 fully saturated rings. The van der Waals surface area contributed by atoms with Gasteiger partial charge < -0.3 is 5.11 Å². The van der Waals surface area contributed by atoms with E-state index in [4.69, 9.17) is 16.8 Å². The van der Waals surface area contributed by atoms with E-state index in [0.29, 0.717) is 11.1 Å². The van der Waals surface area contributed by atoms with Gasteiger partial charge in [-0.3, -0.25) is 0 Å². The van der Waals surface area contributed by atoms with Crippen molar-refractivity contribution in [2.45, 2.75) is 6.42 Å². The number of aliphatic carboxylic acids is 1. The van der Waals surface area contributed by atoms with Crippen LogP contribution in [0, 0.1) is 23.7 Å². The summed E-state index contributed by atoms with van der Waals surface area (Å²) in [5.74, 6) is 1.11. The highest BCUT2D eigenvalue weighted by Crippen LogP contribution is 2.21. The van der Waals surface area contributed by atoms with Crippen molar-refractivity contribution in [2.24, 2.45) is 0 Å². The van der Waals surface area contributed by atoms with E-state index in [1.165, 1.54) is 0 Å². The first-order valence-electron chi connectivity index (χ1n) is 4.56. The summed E-state index contributed by atoms with van der Waals surface area (Å²) in [6.07, 6.45) is 5.30. The maximum atomic E-state index is 10.9. The Morgan fingerprint density at radius 1 is 1.38 bits per heavy atom. The summed E-state index contributed by atoms with van der Waals surface area (Å²) < 4.78 is 0. The fourth-order valence-corrected chi connectivity index (χ4v) is 1.32. The average Bonchev–Trinajstić information content (AvgIpc) is 2.29. The minimum absolute atomic E-state index is 0.124. The molecule has 78 valence electrons. The molecule has 0 aromatic heterocycles. The first-order chi connectivity index (χ1) is 7.70. The van der Waals surface area contributed by atoms with E-state index in [9.17, 15) is 4.79 Å². The van der Waals surface area contributed by atoms with Crippen molar-refractivity contribution in [3.63, 3.8) is 0 Å². The van der Waals surface area contributed by atoms with Crippen molar-refractivity contribution < 1.29 is 9.90 Å². The van der Waals surface area contributed by atoms with E-state index in [1.807, 2.05) is 6.07 Å². The zero-order valence-corrected chi connectivity index (χ0v) is 8.47. The molecule has 1 rings (SSSR count). The molecule has 1 N–H and O–H groups in total. The lowest BCUT2D eigenvalue weighted by Crippen LogP contribution is -2.02.